The molecule has 0 aliphatic heterocycles. The van der Waals surface area contributed by atoms with Gasteiger partial charge in [-0.2, -0.15) is 13.2 Å². The van der Waals surface area contributed by atoms with Gasteiger partial charge in [0.1, 0.15) is 5.75 Å². The van der Waals surface area contributed by atoms with Crippen molar-refractivity contribution in [2.45, 2.75) is 25.6 Å². The zero-order valence-electron chi connectivity index (χ0n) is 15.4. The van der Waals surface area contributed by atoms with Crippen LogP contribution < -0.4 is 15.4 Å². The molecule has 156 valence electrons. The number of alkyl halides is 3. The van der Waals surface area contributed by atoms with Gasteiger partial charge in [0.05, 0.1) is 4.92 Å². The number of amides is 1. The number of nitro benzene ring substituents is 1. The van der Waals surface area contributed by atoms with E-state index in [0.717, 1.165) is 0 Å². The number of ether oxygens (including phenoxy) is 1. The Morgan fingerprint density at radius 1 is 1.14 bits per heavy atom. The molecule has 7 nitrogen and oxygen atoms in total. The van der Waals surface area contributed by atoms with Crippen LogP contribution in [0.4, 0.5) is 24.5 Å². The minimum absolute atomic E-state index is 0.00260. The normalized spacial score (nSPS) is 11.0. The number of rotatable bonds is 10. The lowest BCUT2D eigenvalue weighted by Gasteiger charge is -2.11. The van der Waals surface area contributed by atoms with Gasteiger partial charge in [-0.1, -0.05) is 12.1 Å². The van der Waals surface area contributed by atoms with Crippen LogP contribution in [-0.4, -0.2) is 30.2 Å². The van der Waals surface area contributed by atoms with Gasteiger partial charge in [-0.05, 0) is 36.2 Å². The van der Waals surface area contributed by atoms with Crippen LogP contribution in [0.2, 0.25) is 0 Å². The zero-order chi connectivity index (χ0) is 21.3. The molecule has 0 heterocycles. The Hall–Kier alpha value is -3.30. The van der Waals surface area contributed by atoms with E-state index in [-0.39, 0.29) is 30.3 Å². The summed E-state index contributed by atoms with van der Waals surface area (Å²) in [5.41, 5.74) is 1.34. The molecule has 10 heteroatoms. The number of hydrogen-bond donors (Lipinski definition) is 2. The third kappa shape index (κ3) is 8.50. The molecule has 0 aliphatic carbocycles. The van der Waals surface area contributed by atoms with Crippen LogP contribution in [0.25, 0.3) is 0 Å². The predicted molar refractivity (Wildman–Crippen MR) is 101 cm³/mol. The summed E-state index contributed by atoms with van der Waals surface area (Å²) < 4.78 is 41.2. The fraction of sp³-hybridized carbons (Fsp3) is 0.316. The standard InChI is InChI=1S/C19H20F3N3O4/c20-19(21,22)13-29-17-4-1-3-14(11-17)12-24-18(26)5-2-10-23-15-6-8-16(9-7-15)25(27)28/h1,3-4,6-9,11,23H,2,5,10,12-13H2,(H,24,26). The Balaban J connectivity index is 1.67. The molecule has 1 amide bonds. The molecule has 2 aromatic rings. The van der Waals surface area contributed by atoms with Crippen LogP contribution in [0.5, 0.6) is 5.75 Å². The van der Waals surface area contributed by atoms with Crippen molar-refractivity contribution >= 4 is 17.3 Å². The van der Waals surface area contributed by atoms with Crippen LogP contribution in [0.3, 0.4) is 0 Å². The molecule has 0 aromatic heterocycles. The Labute approximate surface area is 165 Å². The molecule has 0 radical (unpaired) electrons. The Morgan fingerprint density at radius 3 is 2.52 bits per heavy atom. The number of benzene rings is 2. The molecule has 2 N–H and O–H groups in total. The van der Waals surface area contributed by atoms with Crippen LogP contribution in [0, 0.1) is 10.1 Å². The summed E-state index contributed by atoms with van der Waals surface area (Å²) in [5, 5.41) is 16.4. The largest absolute Gasteiger partial charge is 0.484 e. The van der Waals surface area contributed by atoms with Gasteiger partial charge in [-0.15, -0.1) is 0 Å². The van der Waals surface area contributed by atoms with Gasteiger partial charge in [-0.25, -0.2) is 0 Å². The number of anilines is 1. The summed E-state index contributed by atoms with van der Waals surface area (Å²) in [5.74, 6) is -0.113. The Kier molecular flexibility index (Phi) is 7.81. The van der Waals surface area contributed by atoms with Gasteiger partial charge in [-0.3, -0.25) is 14.9 Å². The molecule has 0 bridgehead atoms. The second-order valence-electron chi connectivity index (χ2n) is 6.16. The number of carbonyl (C=O) groups is 1. The second-order valence-corrected chi connectivity index (χ2v) is 6.16. The van der Waals surface area contributed by atoms with Gasteiger partial charge in [0.15, 0.2) is 6.61 Å². The lowest BCUT2D eigenvalue weighted by molar-refractivity contribution is -0.384. The van der Waals surface area contributed by atoms with Gasteiger partial charge in [0.25, 0.3) is 5.69 Å². The number of non-ortho nitro benzene ring substituents is 1. The summed E-state index contributed by atoms with van der Waals surface area (Å²) in [7, 11) is 0. The monoisotopic (exact) mass is 411 g/mol. The summed E-state index contributed by atoms with van der Waals surface area (Å²) in [6.07, 6.45) is -3.62. The third-order valence-electron chi connectivity index (χ3n) is 3.78. The average Bonchev–Trinajstić information content (AvgIpc) is 2.68. The smallest absolute Gasteiger partial charge is 0.422 e. The van der Waals surface area contributed by atoms with E-state index in [1.54, 1.807) is 24.3 Å². The van der Waals surface area contributed by atoms with E-state index >= 15 is 0 Å². The van der Waals surface area contributed by atoms with E-state index in [1.807, 2.05) is 0 Å². The van der Waals surface area contributed by atoms with E-state index in [1.165, 1.54) is 24.3 Å². The summed E-state index contributed by atoms with van der Waals surface area (Å²) in [6.45, 7) is -0.686. The van der Waals surface area contributed by atoms with Crippen LogP contribution in [-0.2, 0) is 11.3 Å². The molecule has 0 atom stereocenters. The number of carbonyl (C=O) groups excluding carboxylic acids is 1. The van der Waals surface area contributed by atoms with E-state index in [2.05, 4.69) is 15.4 Å². The van der Waals surface area contributed by atoms with Gasteiger partial charge in [0.2, 0.25) is 5.91 Å². The minimum Gasteiger partial charge on any atom is -0.484 e. The first-order valence-corrected chi connectivity index (χ1v) is 8.76. The second kappa shape index (κ2) is 10.3. The number of hydrogen-bond acceptors (Lipinski definition) is 5. The first-order valence-electron chi connectivity index (χ1n) is 8.76. The van der Waals surface area contributed by atoms with Crippen molar-refractivity contribution in [2.75, 3.05) is 18.5 Å². The van der Waals surface area contributed by atoms with Crippen molar-refractivity contribution < 1.29 is 27.6 Å². The number of nitrogens with one attached hydrogen (secondary N) is 2. The molecule has 2 rings (SSSR count). The van der Waals surface area contributed by atoms with Crippen molar-refractivity contribution in [3.8, 4) is 5.75 Å². The molecule has 0 spiro atoms. The van der Waals surface area contributed by atoms with Crippen LogP contribution in [0.1, 0.15) is 18.4 Å². The number of nitro groups is 1. The first-order chi connectivity index (χ1) is 13.7. The lowest BCUT2D eigenvalue weighted by Crippen LogP contribution is -2.23. The molecule has 0 saturated heterocycles. The van der Waals surface area contributed by atoms with Gasteiger partial charge >= 0.3 is 6.18 Å². The topological polar surface area (TPSA) is 93.5 Å². The molecular weight excluding hydrogens is 391 g/mol. The van der Waals surface area contributed by atoms with Crippen LogP contribution in [0.15, 0.2) is 48.5 Å². The van der Waals surface area contributed by atoms with E-state index in [9.17, 15) is 28.1 Å². The minimum atomic E-state index is -4.41. The lowest BCUT2D eigenvalue weighted by atomic mass is 10.2. The van der Waals surface area contributed by atoms with Crippen molar-refractivity contribution in [1.82, 2.24) is 5.32 Å². The highest BCUT2D eigenvalue weighted by Crippen LogP contribution is 2.19. The maximum Gasteiger partial charge on any atom is 0.422 e. The first kappa shape index (κ1) is 22.0. The molecule has 2 aromatic carbocycles. The van der Waals surface area contributed by atoms with Crippen LogP contribution >= 0.6 is 0 Å². The maximum atomic E-state index is 12.2. The van der Waals surface area contributed by atoms with Crippen molar-refractivity contribution in [3.05, 3.63) is 64.2 Å². The van der Waals surface area contributed by atoms with E-state index in [0.29, 0.717) is 24.2 Å². The highest BCUT2D eigenvalue weighted by molar-refractivity contribution is 5.75. The van der Waals surface area contributed by atoms with E-state index < -0.39 is 17.7 Å². The highest BCUT2D eigenvalue weighted by atomic mass is 19.4. The average molecular weight is 411 g/mol. The Morgan fingerprint density at radius 2 is 1.86 bits per heavy atom. The van der Waals surface area contributed by atoms with E-state index in [4.69, 9.17) is 0 Å². The SMILES string of the molecule is O=C(CCCNc1ccc([N+](=O)[O-])cc1)NCc1cccc(OCC(F)(F)F)c1. The number of halogens is 3. The molecule has 29 heavy (non-hydrogen) atoms. The van der Waals surface area contributed by atoms with Crippen molar-refractivity contribution in [2.24, 2.45) is 0 Å². The molecule has 0 aliphatic rings. The Bertz CT molecular complexity index is 826. The summed E-state index contributed by atoms with van der Waals surface area (Å²) in [6, 6.07) is 12.1. The highest BCUT2D eigenvalue weighted by Gasteiger charge is 2.28. The van der Waals surface area contributed by atoms with Gasteiger partial charge in [0, 0.05) is 37.3 Å². The van der Waals surface area contributed by atoms with Crippen molar-refractivity contribution in [1.29, 1.82) is 0 Å². The van der Waals surface area contributed by atoms with Crippen molar-refractivity contribution in [3.63, 3.8) is 0 Å². The van der Waals surface area contributed by atoms with Gasteiger partial charge < -0.3 is 15.4 Å². The fourth-order valence-corrected chi connectivity index (χ4v) is 2.38. The number of nitrogens with zero attached hydrogens (tertiary/aromatic N) is 1. The third-order valence-corrected chi connectivity index (χ3v) is 3.78. The fourth-order valence-electron chi connectivity index (χ4n) is 2.38. The maximum absolute atomic E-state index is 12.2. The quantitative estimate of drug-likeness (QED) is 0.350. The molecule has 0 fully saturated rings. The summed E-state index contributed by atoms with van der Waals surface area (Å²) >= 11 is 0. The molecule has 0 saturated carbocycles. The summed E-state index contributed by atoms with van der Waals surface area (Å²) in [4.78, 5) is 22.0. The predicted octanol–water partition coefficient (Wildman–Crippen LogP) is 4.04. The molecule has 0 unspecified atom stereocenters. The molecular formula is C19H20F3N3O4. The zero-order valence-corrected chi connectivity index (χ0v) is 15.4.